The zero-order valence-corrected chi connectivity index (χ0v) is 12.7. The lowest BCUT2D eigenvalue weighted by atomic mass is 9.99. The molecule has 116 valence electrons. The van der Waals surface area contributed by atoms with Crippen LogP contribution in [0.2, 0.25) is 0 Å². The first-order chi connectivity index (χ1) is 9.81. The molecule has 1 unspecified atom stereocenters. The second-order valence-corrected chi connectivity index (χ2v) is 5.50. The van der Waals surface area contributed by atoms with Crippen LogP contribution in [-0.4, -0.2) is 34.5 Å². The first-order valence-corrected chi connectivity index (χ1v) is 7.08. The summed E-state index contributed by atoms with van der Waals surface area (Å²) in [5.41, 5.74) is 0.762. The van der Waals surface area contributed by atoms with Crippen molar-refractivity contribution in [2.75, 3.05) is 6.54 Å². The fourth-order valence-corrected chi connectivity index (χ4v) is 2.23. The summed E-state index contributed by atoms with van der Waals surface area (Å²) in [5.74, 6) is -1.66. The van der Waals surface area contributed by atoms with Gasteiger partial charge in [0.15, 0.2) is 0 Å². The van der Waals surface area contributed by atoms with Crippen molar-refractivity contribution in [3.63, 3.8) is 0 Å². The molecule has 5 heteroatoms. The van der Waals surface area contributed by atoms with E-state index in [0.29, 0.717) is 6.42 Å². The molecule has 0 radical (unpaired) electrons. The minimum absolute atomic E-state index is 0.0631. The quantitative estimate of drug-likeness (QED) is 0.841. The van der Waals surface area contributed by atoms with Gasteiger partial charge in [-0.1, -0.05) is 19.1 Å². The molecule has 0 aliphatic heterocycles. The van der Waals surface area contributed by atoms with E-state index in [9.17, 15) is 14.0 Å². The van der Waals surface area contributed by atoms with Crippen LogP contribution in [0, 0.1) is 11.7 Å². The van der Waals surface area contributed by atoms with Gasteiger partial charge in [-0.25, -0.2) is 4.39 Å². The highest BCUT2D eigenvalue weighted by Gasteiger charge is 2.23. The number of hydrogen-bond donors (Lipinski definition) is 1. The van der Waals surface area contributed by atoms with E-state index in [1.807, 2.05) is 13.8 Å². The topological polar surface area (TPSA) is 57.6 Å². The lowest BCUT2D eigenvalue weighted by molar-refractivity contribution is -0.140. The maximum absolute atomic E-state index is 13.2. The number of carbonyl (C=O) groups is 2. The fraction of sp³-hybridized carbons (Fsp3) is 0.500. The summed E-state index contributed by atoms with van der Waals surface area (Å²) in [4.78, 5) is 24.7. The van der Waals surface area contributed by atoms with E-state index in [0.717, 1.165) is 5.56 Å². The minimum atomic E-state index is -0.925. The third-order valence-corrected chi connectivity index (χ3v) is 3.33. The predicted molar refractivity (Wildman–Crippen MR) is 78.4 cm³/mol. The number of benzene rings is 1. The zero-order valence-electron chi connectivity index (χ0n) is 12.7. The van der Waals surface area contributed by atoms with Crippen molar-refractivity contribution in [3.05, 3.63) is 35.6 Å². The Morgan fingerprint density at radius 2 is 1.95 bits per heavy atom. The fourth-order valence-electron chi connectivity index (χ4n) is 2.23. The van der Waals surface area contributed by atoms with Crippen LogP contribution in [0.3, 0.4) is 0 Å². The van der Waals surface area contributed by atoms with Gasteiger partial charge in [-0.15, -0.1) is 0 Å². The van der Waals surface area contributed by atoms with E-state index in [-0.39, 0.29) is 36.6 Å². The SMILES string of the molecule is CC(Cc1cccc(F)c1)C(=O)N(CCC(=O)O)C(C)C. The van der Waals surface area contributed by atoms with Crippen LogP contribution in [0.1, 0.15) is 32.8 Å². The van der Waals surface area contributed by atoms with Crippen molar-refractivity contribution in [2.24, 2.45) is 5.92 Å². The molecule has 1 N–H and O–H groups in total. The van der Waals surface area contributed by atoms with E-state index < -0.39 is 5.97 Å². The Morgan fingerprint density at radius 3 is 2.48 bits per heavy atom. The number of rotatable bonds is 7. The third-order valence-electron chi connectivity index (χ3n) is 3.33. The van der Waals surface area contributed by atoms with E-state index in [2.05, 4.69) is 0 Å². The van der Waals surface area contributed by atoms with Gasteiger partial charge in [0.05, 0.1) is 6.42 Å². The van der Waals surface area contributed by atoms with Gasteiger partial charge in [0.2, 0.25) is 5.91 Å². The number of carbonyl (C=O) groups excluding carboxylic acids is 1. The van der Waals surface area contributed by atoms with Crippen molar-refractivity contribution in [1.82, 2.24) is 4.90 Å². The van der Waals surface area contributed by atoms with Crippen molar-refractivity contribution < 1.29 is 19.1 Å². The molecule has 0 saturated heterocycles. The predicted octanol–water partition coefficient (Wildman–Crippen LogP) is 2.72. The van der Waals surface area contributed by atoms with Gasteiger partial charge in [0.1, 0.15) is 5.82 Å². The molecule has 21 heavy (non-hydrogen) atoms. The van der Waals surface area contributed by atoms with Crippen molar-refractivity contribution in [3.8, 4) is 0 Å². The summed E-state index contributed by atoms with van der Waals surface area (Å²) < 4.78 is 13.2. The first-order valence-electron chi connectivity index (χ1n) is 7.08. The molecule has 1 aromatic carbocycles. The van der Waals surface area contributed by atoms with Crippen LogP contribution in [-0.2, 0) is 16.0 Å². The largest absolute Gasteiger partial charge is 0.481 e. The van der Waals surface area contributed by atoms with Crippen LogP contribution in [0.5, 0.6) is 0 Å². The van der Waals surface area contributed by atoms with Crippen LogP contribution in [0.4, 0.5) is 4.39 Å². The molecule has 0 heterocycles. The number of hydrogen-bond acceptors (Lipinski definition) is 2. The van der Waals surface area contributed by atoms with Gasteiger partial charge in [-0.05, 0) is 38.0 Å². The number of carboxylic acids is 1. The zero-order chi connectivity index (χ0) is 16.0. The van der Waals surface area contributed by atoms with Gasteiger partial charge in [-0.2, -0.15) is 0 Å². The summed E-state index contributed by atoms with van der Waals surface area (Å²) in [6, 6.07) is 6.12. The highest BCUT2D eigenvalue weighted by atomic mass is 19.1. The van der Waals surface area contributed by atoms with Gasteiger partial charge in [0, 0.05) is 18.5 Å². The Bertz CT molecular complexity index is 502. The summed E-state index contributed by atoms with van der Waals surface area (Å²) in [6.07, 6.45) is 0.365. The number of nitrogens with zero attached hydrogens (tertiary/aromatic N) is 1. The number of amides is 1. The summed E-state index contributed by atoms with van der Waals surface area (Å²) in [7, 11) is 0. The van der Waals surface area contributed by atoms with E-state index in [1.54, 1.807) is 24.0 Å². The highest BCUT2D eigenvalue weighted by Crippen LogP contribution is 2.14. The maximum Gasteiger partial charge on any atom is 0.305 e. The average molecular weight is 295 g/mol. The van der Waals surface area contributed by atoms with Crippen LogP contribution in [0.15, 0.2) is 24.3 Å². The Balaban J connectivity index is 2.71. The van der Waals surface area contributed by atoms with Gasteiger partial charge in [0.25, 0.3) is 0 Å². The smallest absolute Gasteiger partial charge is 0.305 e. The molecular weight excluding hydrogens is 273 g/mol. The Morgan fingerprint density at radius 1 is 1.29 bits per heavy atom. The summed E-state index contributed by atoms with van der Waals surface area (Å²) in [6.45, 7) is 5.69. The number of halogens is 1. The van der Waals surface area contributed by atoms with Crippen molar-refractivity contribution in [1.29, 1.82) is 0 Å². The van der Waals surface area contributed by atoms with Crippen molar-refractivity contribution >= 4 is 11.9 Å². The molecule has 1 aromatic rings. The van der Waals surface area contributed by atoms with Gasteiger partial charge in [-0.3, -0.25) is 9.59 Å². The third kappa shape index (κ3) is 5.53. The van der Waals surface area contributed by atoms with Crippen LogP contribution in [0.25, 0.3) is 0 Å². The molecule has 0 aliphatic rings. The highest BCUT2D eigenvalue weighted by molar-refractivity contribution is 5.79. The van der Waals surface area contributed by atoms with Gasteiger partial charge < -0.3 is 10.0 Å². The number of carboxylic acid groups (broad SMARTS) is 1. The lowest BCUT2D eigenvalue weighted by Gasteiger charge is -2.29. The number of aliphatic carboxylic acids is 1. The Hall–Kier alpha value is -1.91. The standard InChI is InChI=1S/C16H22FNO3/c1-11(2)18(8-7-15(19)20)16(21)12(3)9-13-5-4-6-14(17)10-13/h4-6,10-12H,7-9H2,1-3H3,(H,19,20). The van der Waals surface area contributed by atoms with Gasteiger partial charge >= 0.3 is 5.97 Å². The van der Waals surface area contributed by atoms with Crippen LogP contribution < -0.4 is 0 Å². The van der Waals surface area contributed by atoms with E-state index in [1.165, 1.54) is 12.1 Å². The van der Waals surface area contributed by atoms with E-state index in [4.69, 9.17) is 5.11 Å². The molecule has 0 spiro atoms. The van der Waals surface area contributed by atoms with E-state index >= 15 is 0 Å². The lowest BCUT2D eigenvalue weighted by Crippen LogP contribution is -2.42. The monoisotopic (exact) mass is 295 g/mol. The molecule has 0 aliphatic carbocycles. The Labute approximate surface area is 124 Å². The summed E-state index contributed by atoms with van der Waals surface area (Å²) in [5, 5.41) is 8.75. The summed E-state index contributed by atoms with van der Waals surface area (Å²) >= 11 is 0. The molecule has 0 saturated carbocycles. The van der Waals surface area contributed by atoms with Crippen molar-refractivity contribution in [2.45, 2.75) is 39.7 Å². The normalized spacial score (nSPS) is 12.2. The second-order valence-electron chi connectivity index (χ2n) is 5.50. The average Bonchev–Trinajstić information content (AvgIpc) is 2.37. The maximum atomic E-state index is 13.2. The molecule has 1 rings (SSSR count). The first kappa shape index (κ1) is 17.1. The molecule has 0 fully saturated rings. The Kier molecular flexibility index (Phi) is 6.34. The molecule has 1 amide bonds. The molecule has 0 aromatic heterocycles. The molecule has 4 nitrogen and oxygen atoms in total. The molecule has 1 atom stereocenters. The second kappa shape index (κ2) is 7.76. The minimum Gasteiger partial charge on any atom is -0.481 e. The molecular formula is C16H22FNO3. The molecule has 0 bridgehead atoms. The van der Waals surface area contributed by atoms with Crippen LogP contribution >= 0.6 is 0 Å².